The average molecular weight is 343 g/mol. The summed E-state index contributed by atoms with van der Waals surface area (Å²) in [7, 11) is -3.57. The first-order valence-electron chi connectivity index (χ1n) is 6.54. The Balaban J connectivity index is 2.01. The number of halogens is 1. The molecule has 0 spiro atoms. The molecule has 21 heavy (non-hydrogen) atoms. The fourth-order valence-electron chi connectivity index (χ4n) is 2.63. The Morgan fingerprint density at radius 2 is 2.14 bits per heavy atom. The molecule has 3 rings (SSSR count). The van der Waals surface area contributed by atoms with Crippen LogP contribution in [0.4, 0.5) is 5.69 Å². The summed E-state index contributed by atoms with van der Waals surface area (Å²) in [5.41, 5.74) is 7.10. The van der Waals surface area contributed by atoms with Crippen molar-refractivity contribution in [2.24, 2.45) is 0 Å². The second-order valence-corrected chi connectivity index (χ2v) is 8.32. The van der Waals surface area contributed by atoms with Crippen LogP contribution in [-0.2, 0) is 16.4 Å². The predicted octanol–water partition coefficient (Wildman–Crippen LogP) is 3.29. The van der Waals surface area contributed by atoms with Crippen molar-refractivity contribution in [1.82, 2.24) is 4.31 Å². The summed E-state index contributed by atoms with van der Waals surface area (Å²) >= 11 is 7.55. The third-order valence-corrected chi connectivity index (χ3v) is 7.10. The van der Waals surface area contributed by atoms with E-state index in [-0.39, 0.29) is 16.6 Å². The number of sulfonamides is 1. The highest BCUT2D eigenvalue weighted by molar-refractivity contribution is 7.89. The van der Waals surface area contributed by atoms with E-state index >= 15 is 0 Å². The fraction of sp³-hybridized carbons (Fsp3) is 0.286. The van der Waals surface area contributed by atoms with E-state index < -0.39 is 10.0 Å². The molecule has 4 nitrogen and oxygen atoms in total. The molecule has 1 atom stereocenters. The normalized spacial score (nSPS) is 19.4. The van der Waals surface area contributed by atoms with Crippen molar-refractivity contribution < 1.29 is 8.42 Å². The highest BCUT2D eigenvalue weighted by atomic mass is 35.5. The van der Waals surface area contributed by atoms with Gasteiger partial charge in [0.1, 0.15) is 0 Å². The highest BCUT2D eigenvalue weighted by Crippen LogP contribution is 2.36. The first-order chi connectivity index (χ1) is 9.91. The quantitative estimate of drug-likeness (QED) is 0.852. The Morgan fingerprint density at radius 3 is 2.86 bits per heavy atom. The SMILES string of the molecule is CC1c2ccsc2CCN1S(=O)(=O)c1ccc(Cl)c(N)c1. The van der Waals surface area contributed by atoms with E-state index in [0.717, 1.165) is 12.0 Å². The van der Waals surface area contributed by atoms with Gasteiger partial charge in [0.05, 0.1) is 15.6 Å². The molecule has 0 amide bonds. The van der Waals surface area contributed by atoms with Crippen molar-refractivity contribution in [1.29, 1.82) is 0 Å². The van der Waals surface area contributed by atoms with Crippen LogP contribution in [0.3, 0.4) is 0 Å². The summed E-state index contributed by atoms with van der Waals surface area (Å²) in [4.78, 5) is 1.46. The van der Waals surface area contributed by atoms with E-state index in [2.05, 4.69) is 0 Å². The van der Waals surface area contributed by atoms with E-state index in [1.165, 1.54) is 27.4 Å². The van der Waals surface area contributed by atoms with Crippen LogP contribution in [0.15, 0.2) is 34.5 Å². The summed E-state index contributed by atoms with van der Waals surface area (Å²) < 4.78 is 27.2. The van der Waals surface area contributed by atoms with Crippen LogP contribution in [0.25, 0.3) is 0 Å². The first kappa shape index (κ1) is 14.8. The van der Waals surface area contributed by atoms with Crippen molar-refractivity contribution in [3.05, 3.63) is 45.1 Å². The van der Waals surface area contributed by atoms with Gasteiger partial charge < -0.3 is 5.73 Å². The molecule has 112 valence electrons. The largest absolute Gasteiger partial charge is 0.397 e. The van der Waals surface area contributed by atoms with Gasteiger partial charge in [-0.05, 0) is 48.6 Å². The van der Waals surface area contributed by atoms with Gasteiger partial charge in [0.25, 0.3) is 0 Å². The van der Waals surface area contributed by atoms with E-state index in [9.17, 15) is 8.42 Å². The second kappa shape index (κ2) is 5.28. The zero-order valence-electron chi connectivity index (χ0n) is 11.4. The molecule has 7 heteroatoms. The van der Waals surface area contributed by atoms with Crippen LogP contribution in [0.1, 0.15) is 23.4 Å². The standard InChI is InChI=1S/C14H15ClN2O2S2/c1-9-11-5-7-20-14(11)4-6-17(9)21(18,19)10-2-3-12(15)13(16)8-10/h2-3,5,7-9H,4,6,16H2,1H3. The smallest absolute Gasteiger partial charge is 0.243 e. The summed E-state index contributed by atoms with van der Waals surface area (Å²) in [6, 6.07) is 6.29. The van der Waals surface area contributed by atoms with Crippen LogP contribution < -0.4 is 5.73 Å². The zero-order valence-corrected chi connectivity index (χ0v) is 13.8. The number of thiophene rings is 1. The van der Waals surface area contributed by atoms with E-state index in [1.807, 2.05) is 18.4 Å². The molecule has 1 aromatic carbocycles. The molecule has 0 saturated heterocycles. The minimum Gasteiger partial charge on any atom is -0.397 e. The van der Waals surface area contributed by atoms with Gasteiger partial charge in [0.2, 0.25) is 10.0 Å². The number of nitrogens with zero attached hydrogens (tertiary/aromatic N) is 1. The molecule has 0 radical (unpaired) electrons. The van der Waals surface area contributed by atoms with E-state index in [0.29, 0.717) is 11.6 Å². The molecule has 1 aromatic heterocycles. The Morgan fingerprint density at radius 1 is 1.38 bits per heavy atom. The molecule has 2 heterocycles. The molecular weight excluding hydrogens is 328 g/mol. The summed E-state index contributed by atoms with van der Waals surface area (Å²) in [5.74, 6) is 0. The lowest BCUT2D eigenvalue weighted by Gasteiger charge is -2.32. The zero-order chi connectivity index (χ0) is 15.2. The van der Waals surface area contributed by atoms with Crippen molar-refractivity contribution in [3.8, 4) is 0 Å². The van der Waals surface area contributed by atoms with Gasteiger partial charge in [-0.25, -0.2) is 8.42 Å². The number of anilines is 1. The maximum atomic E-state index is 12.8. The van der Waals surface area contributed by atoms with Gasteiger partial charge in [-0.3, -0.25) is 0 Å². The molecule has 1 unspecified atom stereocenters. The number of rotatable bonds is 2. The van der Waals surface area contributed by atoms with E-state index in [1.54, 1.807) is 11.3 Å². The monoisotopic (exact) mass is 342 g/mol. The molecule has 2 N–H and O–H groups in total. The Kier molecular flexibility index (Phi) is 3.73. The Labute approximate surface area is 133 Å². The van der Waals surface area contributed by atoms with Crippen LogP contribution in [0.2, 0.25) is 5.02 Å². The molecule has 0 aliphatic carbocycles. The number of fused-ring (bicyclic) bond motifs is 1. The predicted molar refractivity (Wildman–Crippen MR) is 86.2 cm³/mol. The molecule has 0 saturated carbocycles. The lowest BCUT2D eigenvalue weighted by molar-refractivity contribution is 0.329. The van der Waals surface area contributed by atoms with Gasteiger partial charge in [0.15, 0.2) is 0 Å². The third-order valence-electron chi connectivity index (χ3n) is 3.80. The number of nitrogens with two attached hydrogens (primary N) is 1. The fourth-order valence-corrected chi connectivity index (χ4v) is 5.36. The molecule has 1 aliphatic rings. The maximum absolute atomic E-state index is 12.8. The summed E-state index contributed by atoms with van der Waals surface area (Å²) in [5, 5.41) is 2.37. The minimum absolute atomic E-state index is 0.165. The first-order valence-corrected chi connectivity index (χ1v) is 9.24. The average Bonchev–Trinajstić information content (AvgIpc) is 2.91. The van der Waals surface area contributed by atoms with Crippen LogP contribution in [0.5, 0.6) is 0 Å². The molecular formula is C14H15ClN2O2S2. The number of nitrogen functional groups attached to an aromatic ring is 1. The number of hydrogen-bond acceptors (Lipinski definition) is 4. The van der Waals surface area contributed by atoms with Crippen molar-refractivity contribution >= 4 is 38.6 Å². The van der Waals surface area contributed by atoms with Gasteiger partial charge in [-0.15, -0.1) is 11.3 Å². The number of benzene rings is 1. The van der Waals surface area contributed by atoms with Crippen molar-refractivity contribution in [3.63, 3.8) is 0 Å². The van der Waals surface area contributed by atoms with Gasteiger partial charge >= 0.3 is 0 Å². The Bertz CT molecular complexity index is 786. The van der Waals surface area contributed by atoms with Crippen LogP contribution in [0, 0.1) is 0 Å². The summed E-state index contributed by atoms with van der Waals surface area (Å²) in [6.45, 7) is 2.40. The lowest BCUT2D eigenvalue weighted by atomic mass is 10.0. The van der Waals surface area contributed by atoms with Gasteiger partial charge in [-0.1, -0.05) is 11.6 Å². The van der Waals surface area contributed by atoms with Crippen molar-refractivity contribution in [2.45, 2.75) is 24.3 Å². The minimum atomic E-state index is -3.57. The Hall–Kier alpha value is -1.08. The lowest BCUT2D eigenvalue weighted by Crippen LogP contribution is -2.38. The molecule has 1 aliphatic heterocycles. The maximum Gasteiger partial charge on any atom is 0.243 e. The van der Waals surface area contributed by atoms with Gasteiger partial charge in [0, 0.05) is 17.5 Å². The van der Waals surface area contributed by atoms with E-state index in [4.69, 9.17) is 17.3 Å². The van der Waals surface area contributed by atoms with Crippen molar-refractivity contribution in [2.75, 3.05) is 12.3 Å². The second-order valence-electron chi connectivity index (χ2n) is 5.02. The molecule has 0 fully saturated rings. The van der Waals surface area contributed by atoms with Crippen LogP contribution >= 0.6 is 22.9 Å². The topological polar surface area (TPSA) is 63.4 Å². The van der Waals surface area contributed by atoms with Gasteiger partial charge in [-0.2, -0.15) is 4.31 Å². The third kappa shape index (κ3) is 2.46. The molecule has 2 aromatic rings. The molecule has 0 bridgehead atoms. The highest BCUT2D eigenvalue weighted by Gasteiger charge is 2.34. The van der Waals surface area contributed by atoms with Crippen LogP contribution in [-0.4, -0.2) is 19.3 Å². The summed E-state index contributed by atoms with van der Waals surface area (Å²) in [6.07, 6.45) is 0.750. The number of hydrogen-bond donors (Lipinski definition) is 1.